The van der Waals surface area contributed by atoms with Crippen LogP contribution in [0.25, 0.3) is 0 Å². The third-order valence-corrected chi connectivity index (χ3v) is 3.12. The number of nitrogens with one attached hydrogen (secondary N) is 1. The van der Waals surface area contributed by atoms with Crippen molar-refractivity contribution in [2.24, 2.45) is 5.41 Å². The highest BCUT2D eigenvalue weighted by molar-refractivity contribution is 5.56. The molecule has 1 aromatic rings. The van der Waals surface area contributed by atoms with Crippen LogP contribution in [0.1, 0.15) is 18.4 Å². The summed E-state index contributed by atoms with van der Waals surface area (Å²) in [7, 11) is 0. The Labute approximate surface area is 98.8 Å². The Balaban J connectivity index is 2.12. The van der Waals surface area contributed by atoms with Crippen molar-refractivity contribution in [3.05, 3.63) is 27.9 Å². The number of rotatable bonds is 5. The van der Waals surface area contributed by atoms with Gasteiger partial charge in [0.05, 0.1) is 11.5 Å². The summed E-state index contributed by atoms with van der Waals surface area (Å²) in [6, 6.07) is 1.49. The lowest BCUT2D eigenvalue weighted by molar-refractivity contribution is -0.384. The van der Waals surface area contributed by atoms with Gasteiger partial charge < -0.3 is 10.4 Å². The average molecular weight is 237 g/mol. The van der Waals surface area contributed by atoms with E-state index in [1.54, 1.807) is 13.1 Å². The van der Waals surface area contributed by atoms with E-state index in [1.807, 2.05) is 0 Å². The van der Waals surface area contributed by atoms with Crippen molar-refractivity contribution in [3.63, 3.8) is 0 Å². The minimum absolute atomic E-state index is 0.0151. The molecule has 1 fully saturated rings. The van der Waals surface area contributed by atoms with E-state index in [0.717, 1.165) is 18.4 Å². The molecular formula is C11H15N3O3. The maximum Gasteiger partial charge on any atom is 0.311 e. The first-order valence-corrected chi connectivity index (χ1v) is 5.52. The molecule has 92 valence electrons. The molecule has 0 aliphatic heterocycles. The van der Waals surface area contributed by atoms with Crippen LogP contribution in [0, 0.1) is 22.5 Å². The maximum atomic E-state index is 10.9. The van der Waals surface area contributed by atoms with Gasteiger partial charge in [-0.1, -0.05) is 0 Å². The monoisotopic (exact) mass is 237 g/mol. The van der Waals surface area contributed by atoms with Gasteiger partial charge in [-0.3, -0.25) is 10.1 Å². The number of hydrogen-bond acceptors (Lipinski definition) is 5. The number of nitrogens with zero attached hydrogens (tertiary/aromatic N) is 2. The van der Waals surface area contributed by atoms with Gasteiger partial charge in [-0.25, -0.2) is 4.98 Å². The van der Waals surface area contributed by atoms with Crippen LogP contribution in [0.5, 0.6) is 0 Å². The van der Waals surface area contributed by atoms with Gasteiger partial charge in [0, 0.05) is 24.2 Å². The Kier molecular flexibility index (Phi) is 2.97. The van der Waals surface area contributed by atoms with Crippen LogP contribution >= 0.6 is 0 Å². The molecule has 0 saturated heterocycles. The van der Waals surface area contributed by atoms with E-state index >= 15 is 0 Å². The van der Waals surface area contributed by atoms with Gasteiger partial charge in [0.25, 0.3) is 0 Å². The molecule has 0 bridgehead atoms. The summed E-state index contributed by atoms with van der Waals surface area (Å²) in [5.41, 5.74) is 0.643. The van der Waals surface area contributed by atoms with Crippen molar-refractivity contribution >= 4 is 11.5 Å². The Morgan fingerprint density at radius 2 is 2.35 bits per heavy atom. The van der Waals surface area contributed by atoms with Gasteiger partial charge in [0.15, 0.2) is 0 Å². The highest BCUT2D eigenvalue weighted by Gasteiger charge is 2.42. The molecule has 0 aromatic carbocycles. The molecule has 6 nitrogen and oxygen atoms in total. The summed E-state index contributed by atoms with van der Waals surface area (Å²) in [4.78, 5) is 14.4. The van der Waals surface area contributed by atoms with E-state index in [1.165, 1.54) is 6.07 Å². The fraction of sp³-hybridized carbons (Fsp3) is 0.545. The van der Waals surface area contributed by atoms with E-state index in [9.17, 15) is 10.1 Å². The third-order valence-electron chi connectivity index (χ3n) is 3.12. The van der Waals surface area contributed by atoms with E-state index < -0.39 is 4.92 Å². The fourth-order valence-corrected chi connectivity index (χ4v) is 1.67. The second-order valence-electron chi connectivity index (χ2n) is 4.65. The van der Waals surface area contributed by atoms with Crippen LogP contribution in [0.3, 0.4) is 0 Å². The number of pyridine rings is 1. The van der Waals surface area contributed by atoms with Gasteiger partial charge >= 0.3 is 5.69 Å². The lowest BCUT2D eigenvalue weighted by atomic mass is 10.1. The molecule has 6 heteroatoms. The summed E-state index contributed by atoms with van der Waals surface area (Å²) < 4.78 is 0. The van der Waals surface area contributed by atoms with Gasteiger partial charge in [-0.05, 0) is 25.3 Å². The van der Waals surface area contributed by atoms with Crippen molar-refractivity contribution in [1.29, 1.82) is 0 Å². The lowest BCUT2D eigenvalue weighted by Gasteiger charge is -2.13. The molecule has 2 rings (SSSR count). The Morgan fingerprint density at radius 3 is 2.88 bits per heavy atom. The fourth-order valence-electron chi connectivity index (χ4n) is 1.67. The number of nitro groups is 1. The molecule has 1 aliphatic rings. The average Bonchev–Trinajstić information content (AvgIpc) is 3.08. The molecule has 0 amide bonds. The second-order valence-corrected chi connectivity index (χ2v) is 4.65. The van der Waals surface area contributed by atoms with Crippen LogP contribution in [0.4, 0.5) is 11.5 Å². The zero-order valence-electron chi connectivity index (χ0n) is 9.64. The Hall–Kier alpha value is -1.69. The zero-order valence-corrected chi connectivity index (χ0v) is 9.64. The van der Waals surface area contributed by atoms with Gasteiger partial charge in [-0.2, -0.15) is 0 Å². The third kappa shape index (κ3) is 2.52. The number of aliphatic hydroxyl groups is 1. The van der Waals surface area contributed by atoms with E-state index in [0.29, 0.717) is 6.54 Å². The van der Waals surface area contributed by atoms with E-state index in [-0.39, 0.29) is 23.5 Å². The molecule has 1 aliphatic carbocycles. The minimum Gasteiger partial charge on any atom is -0.396 e. The standard InChI is InChI=1S/C11H15N3O3/c1-8-4-9(14(16)17)10(12-5-8)13-6-11(7-15)2-3-11/h4-5,15H,2-3,6-7H2,1H3,(H,12,13). The Morgan fingerprint density at radius 1 is 1.65 bits per heavy atom. The highest BCUT2D eigenvalue weighted by Crippen LogP contribution is 2.45. The van der Waals surface area contributed by atoms with Crippen LogP contribution in [0.15, 0.2) is 12.3 Å². The largest absolute Gasteiger partial charge is 0.396 e. The van der Waals surface area contributed by atoms with Crippen molar-refractivity contribution < 1.29 is 10.0 Å². The molecule has 1 aromatic heterocycles. The number of aliphatic hydroxyl groups excluding tert-OH is 1. The van der Waals surface area contributed by atoms with Crippen molar-refractivity contribution in [3.8, 4) is 0 Å². The van der Waals surface area contributed by atoms with E-state index in [2.05, 4.69) is 10.3 Å². The zero-order chi connectivity index (χ0) is 12.5. The maximum absolute atomic E-state index is 10.9. The Bertz CT molecular complexity index is 444. The molecule has 1 saturated carbocycles. The van der Waals surface area contributed by atoms with Gasteiger partial charge in [0.2, 0.25) is 5.82 Å². The first-order valence-electron chi connectivity index (χ1n) is 5.52. The summed E-state index contributed by atoms with van der Waals surface area (Å²) in [6.45, 7) is 2.40. The SMILES string of the molecule is Cc1cnc(NCC2(CO)CC2)c([N+](=O)[O-])c1. The van der Waals surface area contributed by atoms with Crippen molar-refractivity contribution in [2.45, 2.75) is 19.8 Å². The van der Waals surface area contributed by atoms with Crippen molar-refractivity contribution in [1.82, 2.24) is 4.98 Å². The minimum atomic E-state index is -0.444. The number of aromatic nitrogens is 1. The summed E-state index contributed by atoms with van der Waals surface area (Å²) in [5.74, 6) is 0.278. The van der Waals surface area contributed by atoms with Crippen LogP contribution in [0.2, 0.25) is 0 Å². The molecule has 17 heavy (non-hydrogen) atoms. The molecule has 0 radical (unpaired) electrons. The summed E-state index contributed by atoms with van der Waals surface area (Å²) in [5, 5.41) is 23.0. The van der Waals surface area contributed by atoms with Crippen LogP contribution in [-0.2, 0) is 0 Å². The molecule has 0 unspecified atom stereocenters. The first-order chi connectivity index (χ1) is 8.06. The van der Waals surface area contributed by atoms with Crippen molar-refractivity contribution in [2.75, 3.05) is 18.5 Å². The second kappa shape index (κ2) is 4.29. The topological polar surface area (TPSA) is 88.3 Å². The predicted octanol–water partition coefficient (Wildman–Crippen LogP) is 1.48. The van der Waals surface area contributed by atoms with Crippen LogP contribution in [-0.4, -0.2) is 28.2 Å². The molecule has 0 spiro atoms. The highest BCUT2D eigenvalue weighted by atomic mass is 16.6. The quantitative estimate of drug-likeness (QED) is 0.598. The molecule has 0 atom stereocenters. The number of aryl methyl sites for hydroxylation is 1. The number of anilines is 1. The lowest BCUT2D eigenvalue weighted by Crippen LogP contribution is -2.20. The van der Waals surface area contributed by atoms with Crippen LogP contribution < -0.4 is 5.32 Å². The molecule has 2 N–H and O–H groups in total. The normalized spacial score (nSPS) is 16.6. The van der Waals surface area contributed by atoms with Gasteiger partial charge in [0.1, 0.15) is 0 Å². The molecular weight excluding hydrogens is 222 g/mol. The smallest absolute Gasteiger partial charge is 0.311 e. The first kappa shape index (κ1) is 11.8. The summed E-state index contributed by atoms with van der Waals surface area (Å²) >= 11 is 0. The van der Waals surface area contributed by atoms with E-state index in [4.69, 9.17) is 5.11 Å². The van der Waals surface area contributed by atoms with Gasteiger partial charge in [-0.15, -0.1) is 0 Å². The predicted molar refractivity (Wildman–Crippen MR) is 62.9 cm³/mol. The molecule has 1 heterocycles. The number of hydrogen-bond donors (Lipinski definition) is 2. The summed E-state index contributed by atoms with van der Waals surface area (Å²) in [6.07, 6.45) is 3.50.